The fourth-order valence-electron chi connectivity index (χ4n) is 3.65. The number of carboxylic acids is 3. The Morgan fingerprint density at radius 1 is 0.432 bits per heavy atom. The van der Waals surface area contributed by atoms with Gasteiger partial charge in [-0.3, -0.25) is 16.2 Å². The van der Waals surface area contributed by atoms with E-state index in [-0.39, 0.29) is 62.1 Å². The molecule has 0 bridgehead atoms. The Kier molecular flexibility index (Phi) is 22.3. The van der Waals surface area contributed by atoms with Crippen LogP contribution in [0, 0.1) is 16.2 Å². The van der Waals surface area contributed by atoms with Crippen LogP contribution >= 0.6 is 0 Å². The number of hydrogen-bond donors (Lipinski definition) is 3. The van der Waals surface area contributed by atoms with Gasteiger partial charge in [-0.15, -0.1) is 0 Å². The molecule has 0 aliphatic heterocycles. The summed E-state index contributed by atoms with van der Waals surface area (Å²) in [5, 5.41) is 52.8. The van der Waals surface area contributed by atoms with Gasteiger partial charge in [0.2, 0.25) is 0 Å². The number of rotatable bonds is 6. The number of nitrogens with one attached hydrogen (secondary N) is 3. The molecule has 0 amide bonds. The third-order valence-electron chi connectivity index (χ3n) is 4.69. The Bertz CT molecular complexity index is 645. The SMILES string of the molecule is CC(C)N(C(=N)C(=O)[O-])C(C)C.CC(C)N(C(=N)C(=O)[O-])C(C)C.CC(C)N(C(=N)C(=O)[O-])C(C)C.[Sc+3]. The van der Waals surface area contributed by atoms with E-state index in [2.05, 4.69) is 0 Å². The van der Waals surface area contributed by atoms with E-state index in [1.165, 1.54) is 14.7 Å². The third kappa shape index (κ3) is 16.2. The first-order valence-corrected chi connectivity index (χ1v) is 11.9. The van der Waals surface area contributed by atoms with E-state index in [1.807, 2.05) is 83.1 Å². The second-order valence-corrected chi connectivity index (χ2v) is 9.69. The van der Waals surface area contributed by atoms with Crippen molar-refractivity contribution in [1.29, 1.82) is 16.2 Å². The summed E-state index contributed by atoms with van der Waals surface area (Å²) in [5.74, 6) is -5.59. The van der Waals surface area contributed by atoms with Gasteiger partial charge in [-0.05, 0) is 83.1 Å². The van der Waals surface area contributed by atoms with Crippen molar-refractivity contribution in [3.05, 3.63) is 0 Å². The number of carbonyl (C=O) groups is 3. The molecule has 0 aliphatic carbocycles. The third-order valence-corrected chi connectivity index (χ3v) is 4.69. The van der Waals surface area contributed by atoms with E-state index in [4.69, 9.17) is 16.2 Å². The van der Waals surface area contributed by atoms with Crippen LogP contribution in [0.2, 0.25) is 0 Å². The van der Waals surface area contributed by atoms with E-state index in [1.54, 1.807) is 0 Å². The minimum Gasteiger partial charge on any atom is -0.542 e. The van der Waals surface area contributed by atoms with Crippen LogP contribution in [0.5, 0.6) is 0 Å². The Morgan fingerprint density at radius 2 is 0.541 bits per heavy atom. The van der Waals surface area contributed by atoms with Crippen LogP contribution in [0.15, 0.2) is 0 Å². The van der Waals surface area contributed by atoms with Gasteiger partial charge in [0, 0.05) is 36.3 Å². The van der Waals surface area contributed by atoms with Crippen LogP contribution in [-0.4, -0.2) is 86.4 Å². The Morgan fingerprint density at radius 3 is 0.568 bits per heavy atom. The van der Waals surface area contributed by atoms with Crippen molar-refractivity contribution in [2.75, 3.05) is 0 Å². The normalized spacial score (nSPS) is 10.2. The number of aliphatic carboxylic acids is 3. The molecule has 0 saturated carbocycles. The van der Waals surface area contributed by atoms with Gasteiger partial charge in [0.1, 0.15) is 35.4 Å². The topological polar surface area (TPSA) is 202 Å². The van der Waals surface area contributed by atoms with Gasteiger partial charge in [0.25, 0.3) is 0 Å². The fourth-order valence-corrected chi connectivity index (χ4v) is 3.65. The second-order valence-electron chi connectivity index (χ2n) is 9.69. The molecule has 0 aromatic rings. The van der Waals surface area contributed by atoms with Gasteiger partial charge < -0.3 is 44.4 Å². The molecule has 0 heterocycles. The molecule has 0 rings (SSSR count). The van der Waals surface area contributed by atoms with Crippen molar-refractivity contribution in [3.63, 3.8) is 0 Å². The molecule has 0 aliphatic rings. The van der Waals surface area contributed by atoms with Crippen molar-refractivity contribution >= 4 is 35.4 Å². The fraction of sp³-hybridized carbons (Fsp3) is 0.750. The summed E-state index contributed by atoms with van der Waals surface area (Å²) in [6.07, 6.45) is 0. The monoisotopic (exact) mass is 558 g/mol. The summed E-state index contributed by atoms with van der Waals surface area (Å²) in [4.78, 5) is 35.6. The number of carbonyl (C=O) groups excluding carboxylic acids is 3. The summed E-state index contributed by atoms with van der Waals surface area (Å²) in [6, 6.07) is 0.0578. The molecule has 3 N–H and O–H groups in total. The first kappa shape index (κ1) is 41.8. The second kappa shape index (κ2) is 19.8. The van der Waals surface area contributed by atoms with Crippen molar-refractivity contribution in [3.8, 4) is 0 Å². The molecular formula is C24H45N6O6Sc. The van der Waals surface area contributed by atoms with Gasteiger partial charge in [-0.2, -0.15) is 0 Å². The Hall–Kier alpha value is -2.31. The van der Waals surface area contributed by atoms with Crippen molar-refractivity contribution in [2.45, 2.75) is 119 Å². The van der Waals surface area contributed by atoms with Crippen LogP contribution < -0.4 is 15.3 Å². The van der Waals surface area contributed by atoms with E-state index in [0.29, 0.717) is 0 Å². The van der Waals surface area contributed by atoms with Crippen LogP contribution in [0.4, 0.5) is 0 Å². The molecule has 0 fully saturated rings. The molecule has 0 spiro atoms. The van der Waals surface area contributed by atoms with Gasteiger partial charge >= 0.3 is 25.8 Å². The maximum absolute atomic E-state index is 10.4. The predicted molar refractivity (Wildman–Crippen MR) is 135 cm³/mol. The molecule has 12 nitrogen and oxygen atoms in total. The van der Waals surface area contributed by atoms with Crippen LogP contribution in [-0.2, 0) is 40.2 Å². The van der Waals surface area contributed by atoms with E-state index < -0.39 is 35.4 Å². The average molecular weight is 559 g/mol. The van der Waals surface area contributed by atoms with E-state index in [0.717, 1.165) is 0 Å². The molecule has 13 heteroatoms. The summed E-state index contributed by atoms with van der Waals surface area (Å²) in [5.41, 5.74) is 0. The first-order chi connectivity index (χ1) is 16.1. The molecule has 0 atom stereocenters. The standard InChI is InChI=1S/3C8H16N2O2.Sc/c3*1-5(2)10(6(3)4)7(9)8(11)12;/h3*5-6,9H,1-4H3,(H,11,12);/q;;;+3/p-3. The molecule has 210 valence electrons. The van der Waals surface area contributed by atoms with E-state index in [9.17, 15) is 29.7 Å². The zero-order chi connectivity index (χ0) is 29.7. The van der Waals surface area contributed by atoms with Gasteiger partial charge in [0.05, 0.1) is 0 Å². The van der Waals surface area contributed by atoms with Crippen LogP contribution in [0.25, 0.3) is 0 Å². The number of carboxylic acid groups (broad SMARTS) is 3. The summed E-state index contributed by atoms with van der Waals surface area (Å²) >= 11 is 0. The van der Waals surface area contributed by atoms with Crippen molar-refractivity contribution in [2.24, 2.45) is 0 Å². The summed E-state index contributed by atoms with van der Waals surface area (Å²) in [7, 11) is 0. The van der Waals surface area contributed by atoms with Crippen molar-refractivity contribution < 1.29 is 55.5 Å². The molecule has 37 heavy (non-hydrogen) atoms. The summed E-state index contributed by atoms with van der Waals surface area (Å²) < 4.78 is 0. The number of nitrogens with zero attached hydrogens (tertiary/aromatic N) is 3. The largest absolute Gasteiger partial charge is 3.00 e. The first-order valence-electron chi connectivity index (χ1n) is 11.9. The predicted octanol–water partition coefficient (Wildman–Crippen LogP) is -0.505. The van der Waals surface area contributed by atoms with E-state index >= 15 is 0 Å². The molecular weight excluding hydrogens is 513 g/mol. The number of hydrogen-bond acceptors (Lipinski definition) is 9. The minimum absolute atomic E-state index is 0. The smallest absolute Gasteiger partial charge is 0.542 e. The molecule has 0 unspecified atom stereocenters. The zero-order valence-corrected chi connectivity index (χ0v) is 26.1. The van der Waals surface area contributed by atoms with Gasteiger partial charge in [-0.1, -0.05) is 0 Å². The number of amidine groups is 3. The maximum Gasteiger partial charge on any atom is 3.00 e. The Labute approximate surface area is 240 Å². The van der Waals surface area contributed by atoms with Crippen LogP contribution in [0.1, 0.15) is 83.1 Å². The zero-order valence-electron chi connectivity index (χ0n) is 24.3. The minimum atomic E-state index is -1.42. The molecule has 0 aromatic carbocycles. The van der Waals surface area contributed by atoms with Gasteiger partial charge in [0.15, 0.2) is 0 Å². The van der Waals surface area contributed by atoms with Gasteiger partial charge in [-0.25, -0.2) is 0 Å². The quantitative estimate of drug-likeness (QED) is 0.284. The average Bonchev–Trinajstić information content (AvgIpc) is 2.66. The molecule has 0 aromatic heterocycles. The maximum atomic E-state index is 10.4. The molecule has 0 saturated heterocycles. The van der Waals surface area contributed by atoms with Crippen LogP contribution in [0.3, 0.4) is 0 Å². The Balaban J connectivity index is -0.000000218. The van der Waals surface area contributed by atoms with Crippen molar-refractivity contribution in [1.82, 2.24) is 14.7 Å². The summed E-state index contributed by atoms with van der Waals surface area (Å²) in [6.45, 7) is 22.1. The molecule has 0 radical (unpaired) electrons.